The van der Waals surface area contributed by atoms with Crippen LogP contribution in [0.5, 0.6) is 5.75 Å². The molecule has 0 spiro atoms. The molecule has 0 heterocycles. The van der Waals surface area contributed by atoms with Crippen LogP contribution in [0.4, 0.5) is 75.9 Å². The normalized spacial score (nSPS) is 14.8. The number of alkyl halides is 16. The van der Waals surface area contributed by atoms with Gasteiger partial charge in [-0.25, -0.2) is 8.78 Å². The summed E-state index contributed by atoms with van der Waals surface area (Å²) in [5, 5.41) is 0.814. The lowest BCUT2D eigenvalue weighted by Gasteiger charge is -2.42. The van der Waals surface area contributed by atoms with Gasteiger partial charge in [0.1, 0.15) is 5.75 Å². The van der Waals surface area contributed by atoms with E-state index in [9.17, 15) is 75.0 Å². The molecule has 0 saturated heterocycles. The number of benzene rings is 1. The zero-order valence-corrected chi connectivity index (χ0v) is 16.3. The second-order valence-electron chi connectivity index (χ2n) is 6.55. The molecule has 0 aliphatic heterocycles. The molecule has 1 aromatic carbocycles. The maximum absolute atomic E-state index is 13.8. The lowest BCUT2D eigenvalue weighted by molar-refractivity contribution is -0.443. The molecule has 202 valence electrons. The fourth-order valence-corrected chi connectivity index (χ4v) is 2.16. The fourth-order valence-electron chi connectivity index (χ4n) is 2.16. The number of halogens is 16. The molecule has 1 aromatic rings. The van der Waals surface area contributed by atoms with Crippen molar-refractivity contribution in [2.75, 3.05) is 12.4 Å². The van der Waals surface area contributed by atoms with Gasteiger partial charge in [-0.05, 0) is 24.3 Å². The number of rotatable bonds is 10. The van der Waals surface area contributed by atoms with Gasteiger partial charge in [0.2, 0.25) is 0 Å². The van der Waals surface area contributed by atoms with Crippen LogP contribution in [0.25, 0.3) is 0 Å². The summed E-state index contributed by atoms with van der Waals surface area (Å²) < 4.78 is 217. The highest BCUT2D eigenvalue weighted by Gasteiger charge is 2.94. The topological polar surface area (TPSA) is 38.3 Å². The standard InChI is InChI=1S/C16H9F16NO2/c1-35-7-4-2-6(3-5-7)33-9(34)11(21,22)13(25,26)15(29,30)16(31,32)14(27,28)12(23,24)10(19,20)8(17)18/h2-5,8H,1H3,(H,33,34). The average Bonchev–Trinajstić information content (AvgIpc) is 2.73. The largest absolute Gasteiger partial charge is 0.497 e. The Hall–Kier alpha value is -2.63. The number of carbonyl (C=O) groups is 1. The van der Waals surface area contributed by atoms with E-state index in [0.29, 0.717) is 12.1 Å². The summed E-state index contributed by atoms with van der Waals surface area (Å²) in [7, 11) is 1.07. The minimum absolute atomic E-state index is 0.0463. The zero-order valence-electron chi connectivity index (χ0n) is 16.3. The molecule has 1 N–H and O–H groups in total. The lowest BCUT2D eigenvalue weighted by Crippen LogP contribution is -2.74. The van der Waals surface area contributed by atoms with Gasteiger partial charge in [0.05, 0.1) is 7.11 Å². The maximum atomic E-state index is 13.8. The summed E-state index contributed by atoms with van der Waals surface area (Å²) in [5.41, 5.74) is -0.908. The first kappa shape index (κ1) is 30.4. The van der Waals surface area contributed by atoms with Crippen LogP contribution < -0.4 is 10.1 Å². The van der Waals surface area contributed by atoms with E-state index in [0.717, 1.165) is 24.6 Å². The minimum atomic E-state index is -8.56. The van der Waals surface area contributed by atoms with Crippen LogP contribution in [0, 0.1) is 0 Å². The van der Waals surface area contributed by atoms with Crippen molar-refractivity contribution in [2.45, 2.75) is 47.9 Å². The van der Waals surface area contributed by atoms with E-state index in [1.165, 1.54) is 0 Å². The number of amides is 1. The van der Waals surface area contributed by atoms with Gasteiger partial charge in [-0.1, -0.05) is 0 Å². The molecule has 0 fully saturated rings. The summed E-state index contributed by atoms with van der Waals surface area (Å²) in [6.45, 7) is 0. The number of nitrogens with one attached hydrogen (secondary N) is 1. The van der Waals surface area contributed by atoms with Gasteiger partial charge < -0.3 is 10.1 Å². The molecule has 0 saturated carbocycles. The zero-order chi connectivity index (χ0) is 28.1. The minimum Gasteiger partial charge on any atom is -0.497 e. The molecule has 0 bridgehead atoms. The molecule has 1 rings (SSSR count). The monoisotopic (exact) mass is 551 g/mol. The van der Waals surface area contributed by atoms with Crippen LogP contribution in [-0.4, -0.2) is 60.9 Å². The van der Waals surface area contributed by atoms with E-state index in [1.807, 2.05) is 0 Å². The second-order valence-corrected chi connectivity index (χ2v) is 6.55. The smallest absolute Gasteiger partial charge is 0.393 e. The third-order valence-corrected chi connectivity index (χ3v) is 4.30. The highest BCUT2D eigenvalue weighted by Crippen LogP contribution is 2.62. The predicted molar refractivity (Wildman–Crippen MR) is 82.3 cm³/mol. The van der Waals surface area contributed by atoms with Crippen molar-refractivity contribution < 1.29 is 79.8 Å². The second kappa shape index (κ2) is 8.79. The summed E-state index contributed by atoms with van der Waals surface area (Å²) in [6.07, 6.45) is -5.93. The van der Waals surface area contributed by atoms with E-state index in [-0.39, 0.29) is 5.75 Å². The van der Waals surface area contributed by atoms with Crippen molar-refractivity contribution in [3.05, 3.63) is 24.3 Å². The van der Waals surface area contributed by atoms with Crippen molar-refractivity contribution >= 4 is 11.6 Å². The molecular weight excluding hydrogens is 542 g/mol. The van der Waals surface area contributed by atoms with Crippen LogP contribution >= 0.6 is 0 Å². The van der Waals surface area contributed by atoms with Crippen molar-refractivity contribution in [1.29, 1.82) is 0 Å². The Balaban J connectivity index is 3.49. The van der Waals surface area contributed by atoms with E-state index < -0.39 is 59.5 Å². The number of ether oxygens (including phenoxy) is 1. The van der Waals surface area contributed by atoms with Crippen LogP contribution in [0.1, 0.15) is 0 Å². The number of methoxy groups -OCH3 is 1. The van der Waals surface area contributed by atoms with Crippen LogP contribution in [0.3, 0.4) is 0 Å². The van der Waals surface area contributed by atoms with Gasteiger partial charge in [-0.2, -0.15) is 61.5 Å². The Morgan fingerprint density at radius 1 is 0.686 bits per heavy atom. The first-order chi connectivity index (χ1) is 15.4. The predicted octanol–water partition coefficient (Wildman–Crippen LogP) is 6.35. The Morgan fingerprint density at radius 3 is 1.43 bits per heavy atom. The molecule has 0 aliphatic carbocycles. The van der Waals surface area contributed by atoms with E-state index >= 15 is 0 Å². The highest BCUT2D eigenvalue weighted by atomic mass is 19.4. The lowest BCUT2D eigenvalue weighted by atomic mass is 9.89. The van der Waals surface area contributed by atoms with Crippen LogP contribution in [0.2, 0.25) is 0 Å². The quantitative estimate of drug-likeness (QED) is 0.345. The van der Waals surface area contributed by atoms with Crippen molar-refractivity contribution in [3.63, 3.8) is 0 Å². The molecular formula is C16H9F16NO2. The number of hydrogen-bond acceptors (Lipinski definition) is 2. The molecule has 35 heavy (non-hydrogen) atoms. The van der Waals surface area contributed by atoms with E-state index in [1.54, 1.807) is 0 Å². The van der Waals surface area contributed by atoms with Crippen molar-refractivity contribution in [1.82, 2.24) is 0 Å². The summed E-state index contributed by atoms with van der Waals surface area (Å²) >= 11 is 0. The Labute approximate surface area is 183 Å². The van der Waals surface area contributed by atoms with Gasteiger partial charge >= 0.3 is 53.8 Å². The van der Waals surface area contributed by atoms with E-state index in [4.69, 9.17) is 0 Å². The van der Waals surface area contributed by atoms with Crippen molar-refractivity contribution in [3.8, 4) is 5.75 Å². The van der Waals surface area contributed by atoms with Gasteiger partial charge in [-0.15, -0.1) is 0 Å². The summed E-state index contributed by atoms with van der Waals surface area (Å²) in [6, 6.07) is 2.94. The number of carbonyl (C=O) groups excluding carboxylic acids is 1. The van der Waals surface area contributed by atoms with Crippen molar-refractivity contribution in [2.24, 2.45) is 0 Å². The maximum Gasteiger partial charge on any atom is 0.393 e. The first-order valence-corrected chi connectivity index (χ1v) is 8.26. The highest BCUT2D eigenvalue weighted by molar-refractivity contribution is 5.97. The van der Waals surface area contributed by atoms with Gasteiger partial charge in [0.15, 0.2) is 0 Å². The van der Waals surface area contributed by atoms with Gasteiger partial charge in [0.25, 0.3) is 0 Å². The average molecular weight is 551 g/mol. The molecule has 0 atom stereocenters. The third kappa shape index (κ3) is 4.30. The molecule has 0 radical (unpaired) electrons. The van der Waals surface area contributed by atoms with Crippen LogP contribution in [-0.2, 0) is 4.79 Å². The summed E-state index contributed by atoms with van der Waals surface area (Å²) in [4.78, 5) is 11.4. The molecule has 0 aromatic heterocycles. The third-order valence-electron chi connectivity index (χ3n) is 4.30. The SMILES string of the molecule is COc1ccc(NC(=O)C(F)(F)C(F)(F)C(F)(F)C(F)(F)C(F)(F)C(F)(F)C(F)(F)C(F)F)cc1. The van der Waals surface area contributed by atoms with Crippen LogP contribution in [0.15, 0.2) is 24.3 Å². The molecule has 0 aliphatic rings. The number of anilines is 1. The first-order valence-electron chi connectivity index (χ1n) is 8.26. The molecule has 0 unspecified atom stereocenters. The Bertz CT molecular complexity index is 913. The van der Waals surface area contributed by atoms with Gasteiger partial charge in [0, 0.05) is 5.69 Å². The molecule has 3 nitrogen and oxygen atoms in total. The number of hydrogen-bond donors (Lipinski definition) is 1. The molecule has 19 heteroatoms. The summed E-state index contributed by atoms with van der Waals surface area (Å²) in [5.74, 6) is -59.9. The fraction of sp³-hybridized carbons (Fsp3) is 0.562. The Kier molecular flexibility index (Phi) is 7.64. The van der Waals surface area contributed by atoms with E-state index in [2.05, 4.69) is 4.74 Å². The molecule has 1 amide bonds. The van der Waals surface area contributed by atoms with Gasteiger partial charge in [-0.3, -0.25) is 4.79 Å². The Morgan fingerprint density at radius 2 is 1.06 bits per heavy atom.